The van der Waals surface area contributed by atoms with Gasteiger partial charge in [-0.25, -0.2) is 0 Å². The molecule has 0 bridgehead atoms. The number of anilines is 1. The molecule has 0 aliphatic carbocycles. The molecule has 0 N–H and O–H groups in total. The maximum absolute atomic E-state index is 6.17. The molecule has 4 aliphatic rings. The van der Waals surface area contributed by atoms with Crippen molar-refractivity contribution >= 4 is 17.5 Å². The molecule has 2 aromatic carbocycles. The Morgan fingerprint density at radius 2 is 1.75 bits per heavy atom. The van der Waals surface area contributed by atoms with Crippen molar-refractivity contribution in [2.24, 2.45) is 11.1 Å². The van der Waals surface area contributed by atoms with E-state index in [-0.39, 0.29) is 12.0 Å². The van der Waals surface area contributed by atoms with Gasteiger partial charge in [-0.3, -0.25) is 9.80 Å². The zero-order valence-corrected chi connectivity index (χ0v) is 21.1. The lowest BCUT2D eigenvalue weighted by Crippen LogP contribution is -2.50. The summed E-state index contributed by atoms with van der Waals surface area (Å²) in [5, 5.41) is 4.58. The van der Waals surface area contributed by atoms with E-state index in [1.807, 2.05) is 0 Å². The summed E-state index contributed by atoms with van der Waals surface area (Å²) < 4.78 is 11.7. The second-order valence-corrected chi connectivity index (χ2v) is 10.3. The topological polar surface area (TPSA) is 49.8 Å². The first-order valence-corrected chi connectivity index (χ1v) is 13.2. The molecule has 7 nitrogen and oxygen atoms in total. The Morgan fingerprint density at radius 3 is 2.56 bits per heavy atom. The van der Waals surface area contributed by atoms with Crippen molar-refractivity contribution in [1.82, 2.24) is 9.80 Å². The number of piperazine rings is 1. The largest absolute Gasteiger partial charge is 0.492 e. The van der Waals surface area contributed by atoms with E-state index in [2.05, 4.69) is 81.4 Å². The quantitative estimate of drug-likeness (QED) is 0.622. The van der Waals surface area contributed by atoms with E-state index < -0.39 is 0 Å². The van der Waals surface area contributed by atoms with E-state index >= 15 is 0 Å². The van der Waals surface area contributed by atoms with Crippen molar-refractivity contribution in [3.05, 3.63) is 65.2 Å². The van der Waals surface area contributed by atoms with Gasteiger partial charge in [0.1, 0.15) is 18.1 Å². The van der Waals surface area contributed by atoms with Crippen LogP contribution < -0.4 is 9.64 Å². The first kappa shape index (κ1) is 23.5. The predicted octanol–water partition coefficient (Wildman–Crippen LogP) is 3.36. The molecule has 4 heterocycles. The van der Waals surface area contributed by atoms with E-state index in [1.165, 1.54) is 16.8 Å². The molecule has 190 valence electrons. The highest BCUT2D eigenvalue weighted by Gasteiger charge is 2.41. The summed E-state index contributed by atoms with van der Waals surface area (Å²) in [7, 11) is 0. The minimum Gasteiger partial charge on any atom is -0.492 e. The molecule has 7 heteroatoms. The maximum Gasteiger partial charge on any atom is 0.151 e. The number of rotatable bonds is 6. The summed E-state index contributed by atoms with van der Waals surface area (Å²) in [6.07, 6.45) is 2.34. The van der Waals surface area contributed by atoms with Gasteiger partial charge in [0.25, 0.3) is 0 Å². The Kier molecular flexibility index (Phi) is 6.94. The van der Waals surface area contributed by atoms with E-state index in [9.17, 15) is 0 Å². The fraction of sp³-hybridized carbons (Fsp3) is 0.483. The molecule has 2 atom stereocenters. The molecule has 2 fully saturated rings. The van der Waals surface area contributed by atoms with Gasteiger partial charge in [0.2, 0.25) is 0 Å². The van der Waals surface area contributed by atoms with Crippen molar-refractivity contribution in [3.63, 3.8) is 0 Å². The van der Waals surface area contributed by atoms with Crippen LogP contribution in [0.5, 0.6) is 5.75 Å². The maximum atomic E-state index is 6.17. The zero-order chi connectivity index (χ0) is 24.3. The third-order valence-corrected chi connectivity index (χ3v) is 7.71. The molecule has 36 heavy (non-hydrogen) atoms. The van der Waals surface area contributed by atoms with Crippen molar-refractivity contribution in [3.8, 4) is 5.75 Å². The minimum atomic E-state index is 0.0476. The van der Waals surface area contributed by atoms with Crippen LogP contribution in [-0.2, 0) is 9.57 Å². The highest BCUT2D eigenvalue weighted by atomic mass is 16.6. The monoisotopic (exact) mass is 488 g/mol. The van der Waals surface area contributed by atoms with Gasteiger partial charge in [-0.15, -0.1) is 0 Å². The molecule has 6 rings (SSSR count). The number of benzene rings is 2. The highest BCUT2D eigenvalue weighted by Crippen LogP contribution is 2.36. The Morgan fingerprint density at radius 1 is 0.972 bits per heavy atom. The molecule has 0 saturated carbocycles. The lowest BCUT2D eigenvalue weighted by Gasteiger charge is -2.36. The number of hydrogen-bond acceptors (Lipinski definition) is 7. The number of fused-ring (bicyclic) bond motifs is 3. The summed E-state index contributed by atoms with van der Waals surface area (Å²) in [6.45, 7) is 12.4. The lowest BCUT2D eigenvalue weighted by molar-refractivity contribution is 0.0101. The van der Waals surface area contributed by atoms with E-state index in [4.69, 9.17) is 14.3 Å². The van der Waals surface area contributed by atoms with Crippen LogP contribution in [0.15, 0.2) is 59.3 Å². The lowest BCUT2D eigenvalue weighted by atomic mass is 9.89. The highest BCUT2D eigenvalue weighted by molar-refractivity contribution is 6.06. The third-order valence-electron chi connectivity index (χ3n) is 7.71. The average molecular weight is 489 g/mol. The van der Waals surface area contributed by atoms with Gasteiger partial charge in [-0.2, -0.15) is 0 Å². The number of nitrogens with zero attached hydrogens (tertiary/aromatic N) is 4. The smallest absolute Gasteiger partial charge is 0.151 e. The minimum absolute atomic E-state index is 0.0476. The van der Waals surface area contributed by atoms with Crippen LogP contribution in [0.3, 0.4) is 0 Å². The van der Waals surface area contributed by atoms with Crippen molar-refractivity contribution in [2.75, 3.05) is 77.1 Å². The van der Waals surface area contributed by atoms with Gasteiger partial charge < -0.3 is 19.2 Å². The number of oxime groups is 1. The summed E-state index contributed by atoms with van der Waals surface area (Å²) in [5.74, 6) is 1.10. The summed E-state index contributed by atoms with van der Waals surface area (Å²) in [4.78, 5) is 13.5. The van der Waals surface area contributed by atoms with Gasteiger partial charge in [0.15, 0.2) is 6.10 Å². The van der Waals surface area contributed by atoms with Crippen LogP contribution in [0, 0.1) is 5.92 Å². The van der Waals surface area contributed by atoms with Gasteiger partial charge in [0, 0.05) is 63.6 Å². The number of hydrogen-bond donors (Lipinski definition) is 0. The van der Waals surface area contributed by atoms with Gasteiger partial charge >= 0.3 is 0 Å². The molecule has 4 aliphatic heterocycles. The zero-order valence-electron chi connectivity index (χ0n) is 21.1. The second kappa shape index (κ2) is 10.6. The molecule has 2 unspecified atom stereocenters. The summed E-state index contributed by atoms with van der Waals surface area (Å²) >= 11 is 0. The van der Waals surface area contributed by atoms with Crippen LogP contribution in [-0.4, -0.2) is 93.8 Å². The SMILES string of the molecule is CC(=Cc1ccccc1)CN1CCN(CC2ON=C3c4cc(N5CCOCC5)ccc4OCC32)CC1. The Hall–Kier alpha value is -2.87. The van der Waals surface area contributed by atoms with Crippen molar-refractivity contribution < 1.29 is 14.3 Å². The Labute approximate surface area is 213 Å². The van der Waals surface area contributed by atoms with E-state index in [1.54, 1.807) is 0 Å². The van der Waals surface area contributed by atoms with Crippen LogP contribution in [0.2, 0.25) is 0 Å². The van der Waals surface area contributed by atoms with Crippen molar-refractivity contribution in [2.45, 2.75) is 13.0 Å². The normalized spacial score (nSPS) is 25.0. The van der Waals surface area contributed by atoms with Crippen LogP contribution >= 0.6 is 0 Å². The predicted molar refractivity (Wildman–Crippen MR) is 143 cm³/mol. The van der Waals surface area contributed by atoms with E-state index in [0.717, 1.165) is 82.6 Å². The average Bonchev–Trinajstić information content (AvgIpc) is 3.33. The second-order valence-electron chi connectivity index (χ2n) is 10.3. The first-order chi connectivity index (χ1) is 17.7. The molecular formula is C29H36N4O3. The molecule has 0 spiro atoms. The van der Waals surface area contributed by atoms with Crippen LogP contribution in [0.4, 0.5) is 5.69 Å². The number of morpholine rings is 1. The molecule has 2 saturated heterocycles. The Balaban J connectivity index is 1.03. The molecule has 0 amide bonds. The first-order valence-electron chi connectivity index (χ1n) is 13.2. The van der Waals surface area contributed by atoms with Gasteiger partial charge in [-0.05, 0) is 30.7 Å². The fourth-order valence-corrected chi connectivity index (χ4v) is 5.70. The molecule has 0 radical (unpaired) electrons. The molecular weight excluding hydrogens is 452 g/mol. The standard InChI is InChI=1S/C29H36N4O3/c1-22(17-23-5-3-2-4-6-23)19-31-9-11-32(12-10-31)20-28-26-21-35-27-8-7-24(33-13-15-34-16-14-33)18-25(27)29(26)30-36-28/h2-8,17-18,26,28H,9-16,19-21H2,1H3. The summed E-state index contributed by atoms with van der Waals surface area (Å²) in [6, 6.07) is 17.0. The Bertz CT molecular complexity index is 1100. The van der Waals surface area contributed by atoms with Gasteiger partial charge in [0.05, 0.1) is 19.1 Å². The number of ether oxygens (including phenoxy) is 2. The molecule has 2 aromatic rings. The fourth-order valence-electron chi connectivity index (χ4n) is 5.70. The molecule has 0 aromatic heterocycles. The van der Waals surface area contributed by atoms with Crippen molar-refractivity contribution in [1.29, 1.82) is 0 Å². The van der Waals surface area contributed by atoms with Gasteiger partial charge in [-0.1, -0.05) is 47.1 Å². The summed E-state index contributed by atoms with van der Waals surface area (Å²) in [5.41, 5.74) is 6.03. The third kappa shape index (κ3) is 5.14. The van der Waals surface area contributed by atoms with E-state index in [0.29, 0.717) is 6.61 Å². The van der Waals surface area contributed by atoms with Crippen LogP contribution in [0.25, 0.3) is 6.08 Å². The van der Waals surface area contributed by atoms with Crippen LogP contribution in [0.1, 0.15) is 18.1 Å².